The molecular weight excluding hydrogens is 432 g/mol. The Kier molecular flexibility index (Phi) is 4.89. The molecule has 1 aromatic heterocycles. The first-order valence-electron chi connectivity index (χ1n) is 12.2. The van der Waals surface area contributed by atoms with Crippen LogP contribution in [0.5, 0.6) is 0 Å². The minimum atomic E-state index is -0.591. The summed E-state index contributed by atoms with van der Waals surface area (Å²) in [5.41, 5.74) is -0.0920. The molecule has 4 aliphatic rings. The lowest BCUT2D eigenvalue weighted by Crippen LogP contribution is -2.65. The van der Waals surface area contributed by atoms with Gasteiger partial charge in [-0.2, -0.15) is 0 Å². The summed E-state index contributed by atoms with van der Waals surface area (Å²) < 4.78 is 17.3. The number of hydrogen-bond acceptors (Lipinski definition) is 6. The Labute approximate surface area is 200 Å². The van der Waals surface area contributed by atoms with Crippen molar-refractivity contribution in [3.63, 3.8) is 0 Å². The van der Waals surface area contributed by atoms with E-state index in [1.54, 1.807) is 24.7 Å². The molecule has 0 bridgehead atoms. The normalized spacial score (nSPS) is 42.6. The Balaban J connectivity index is 1.70. The third-order valence-corrected chi connectivity index (χ3v) is 9.82. The summed E-state index contributed by atoms with van der Waals surface area (Å²) in [5, 5.41) is 0. The molecule has 0 N–H and O–H groups in total. The molecule has 182 valence electrons. The van der Waals surface area contributed by atoms with E-state index in [-0.39, 0.29) is 35.0 Å². The average Bonchev–Trinajstić information content (AvgIpc) is 3.28. The molecule has 34 heavy (non-hydrogen) atoms. The number of fused-ring (bicyclic) bond motifs is 5. The largest absolute Gasteiger partial charge is 0.472 e. The van der Waals surface area contributed by atoms with Crippen LogP contribution in [0.25, 0.3) is 0 Å². The van der Waals surface area contributed by atoms with E-state index in [4.69, 9.17) is 13.9 Å². The van der Waals surface area contributed by atoms with Crippen molar-refractivity contribution in [2.75, 3.05) is 0 Å². The fraction of sp³-hybridized carbons (Fsp3) is 0.607. The van der Waals surface area contributed by atoms with Gasteiger partial charge in [-0.3, -0.25) is 9.59 Å². The predicted molar refractivity (Wildman–Crippen MR) is 124 cm³/mol. The van der Waals surface area contributed by atoms with E-state index in [1.165, 1.54) is 6.92 Å². The third-order valence-electron chi connectivity index (χ3n) is 9.82. The second-order valence-corrected chi connectivity index (χ2v) is 11.9. The number of esters is 2. The number of cyclic esters (lactones) is 1. The van der Waals surface area contributed by atoms with E-state index in [2.05, 4.69) is 26.8 Å². The topological polar surface area (TPSA) is 82.8 Å². The van der Waals surface area contributed by atoms with Gasteiger partial charge in [-0.1, -0.05) is 40.7 Å². The molecule has 2 fully saturated rings. The van der Waals surface area contributed by atoms with Gasteiger partial charge in [0, 0.05) is 34.8 Å². The second-order valence-electron chi connectivity index (χ2n) is 11.9. The molecule has 0 radical (unpaired) electrons. The quantitative estimate of drug-likeness (QED) is 0.547. The highest BCUT2D eigenvalue weighted by Crippen LogP contribution is 2.71. The Morgan fingerprint density at radius 1 is 1.12 bits per heavy atom. The zero-order valence-electron chi connectivity index (χ0n) is 20.8. The van der Waals surface area contributed by atoms with Gasteiger partial charge >= 0.3 is 11.9 Å². The van der Waals surface area contributed by atoms with Crippen LogP contribution >= 0.6 is 0 Å². The minimum Gasteiger partial charge on any atom is -0.472 e. The van der Waals surface area contributed by atoms with Gasteiger partial charge < -0.3 is 13.9 Å². The molecule has 5 rings (SSSR count). The molecule has 6 nitrogen and oxygen atoms in total. The molecule has 1 aromatic rings. The zero-order valence-corrected chi connectivity index (χ0v) is 20.8. The third kappa shape index (κ3) is 2.89. The maximum absolute atomic E-state index is 12.9. The molecule has 7 atom stereocenters. The van der Waals surface area contributed by atoms with E-state index in [0.717, 1.165) is 24.0 Å². The van der Waals surface area contributed by atoms with Gasteiger partial charge in [0.05, 0.1) is 12.5 Å². The van der Waals surface area contributed by atoms with Gasteiger partial charge in [0.1, 0.15) is 12.2 Å². The summed E-state index contributed by atoms with van der Waals surface area (Å²) in [7, 11) is 0. The molecule has 1 aliphatic heterocycles. The van der Waals surface area contributed by atoms with Crippen LogP contribution in [-0.4, -0.2) is 23.8 Å². The SMILES string of the molecule is CC(=O)O[C@H]1CC2C(C)(C)C(=O)C=C[C@]2(C)C2CC[C@]3(C)C(=CC(=O)O[C@@H]3c3ccoc3)[C@@]21C. The van der Waals surface area contributed by atoms with Crippen LogP contribution in [0, 0.1) is 33.5 Å². The fourth-order valence-corrected chi connectivity index (χ4v) is 8.16. The first kappa shape index (κ1) is 23.1. The predicted octanol–water partition coefficient (Wildman–Crippen LogP) is 5.35. The molecule has 2 unspecified atom stereocenters. The van der Waals surface area contributed by atoms with Gasteiger partial charge in [0.15, 0.2) is 5.78 Å². The Hall–Kier alpha value is -2.63. The van der Waals surface area contributed by atoms with Crippen molar-refractivity contribution in [1.82, 2.24) is 0 Å². The lowest BCUT2D eigenvalue weighted by atomic mass is 9.38. The van der Waals surface area contributed by atoms with Crippen molar-refractivity contribution >= 4 is 17.7 Å². The highest BCUT2D eigenvalue weighted by molar-refractivity contribution is 5.96. The minimum absolute atomic E-state index is 0.0186. The molecular formula is C28H34O6. The number of ketones is 1. The lowest BCUT2D eigenvalue weighted by molar-refractivity contribution is -0.195. The van der Waals surface area contributed by atoms with Gasteiger partial charge in [0.2, 0.25) is 0 Å². The molecule has 2 saturated carbocycles. The number of rotatable bonds is 2. The first-order valence-corrected chi connectivity index (χ1v) is 12.2. The summed E-state index contributed by atoms with van der Waals surface area (Å²) in [5.74, 6) is -0.515. The molecule has 0 aromatic carbocycles. The highest BCUT2D eigenvalue weighted by Gasteiger charge is 2.69. The van der Waals surface area contributed by atoms with Gasteiger partial charge in [-0.25, -0.2) is 4.79 Å². The van der Waals surface area contributed by atoms with E-state index in [9.17, 15) is 14.4 Å². The maximum Gasteiger partial charge on any atom is 0.331 e. The monoisotopic (exact) mass is 466 g/mol. The Morgan fingerprint density at radius 3 is 2.50 bits per heavy atom. The maximum atomic E-state index is 12.9. The number of furan rings is 1. The van der Waals surface area contributed by atoms with Crippen molar-refractivity contribution in [1.29, 1.82) is 0 Å². The van der Waals surface area contributed by atoms with Crippen LogP contribution < -0.4 is 0 Å². The van der Waals surface area contributed by atoms with Gasteiger partial charge in [0.25, 0.3) is 0 Å². The molecule has 0 spiro atoms. The van der Waals surface area contributed by atoms with E-state index < -0.39 is 28.5 Å². The summed E-state index contributed by atoms with van der Waals surface area (Å²) >= 11 is 0. The molecule has 3 aliphatic carbocycles. The fourth-order valence-electron chi connectivity index (χ4n) is 8.16. The molecule has 6 heteroatoms. The van der Waals surface area contributed by atoms with Crippen molar-refractivity contribution in [2.45, 2.75) is 73.0 Å². The van der Waals surface area contributed by atoms with Crippen molar-refractivity contribution in [3.05, 3.63) is 48.0 Å². The van der Waals surface area contributed by atoms with Gasteiger partial charge in [-0.05, 0) is 54.2 Å². The van der Waals surface area contributed by atoms with Gasteiger partial charge in [-0.15, -0.1) is 0 Å². The average molecular weight is 467 g/mol. The van der Waals surface area contributed by atoms with E-state index in [1.807, 2.05) is 19.9 Å². The second kappa shape index (κ2) is 7.19. The molecule has 2 heterocycles. The van der Waals surface area contributed by atoms with Crippen molar-refractivity contribution in [3.8, 4) is 0 Å². The Bertz CT molecular complexity index is 1110. The Morgan fingerprint density at radius 2 is 1.85 bits per heavy atom. The highest BCUT2D eigenvalue weighted by atomic mass is 16.6. The number of carbonyl (C=O) groups is 3. The summed E-state index contributed by atoms with van der Waals surface area (Å²) in [4.78, 5) is 38.1. The zero-order chi connectivity index (χ0) is 24.7. The number of carbonyl (C=O) groups excluding carboxylic acids is 3. The van der Waals surface area contributed by atoms with Crippen molar-refractivity contribution < 1.29 is 28.3 Å². The van der Waals surface area contributed by atoms with Crippen LogP contribution in [0.2, 0.25) is 0 Å². The van der Waals surface area contributed by atoms with Crippen LogP contribution in [0.4, 0.5) is 0 Å². The van der Waals surface area contributed by atoms with Crippen LogP contribution in [0.3, 0.4) is 0 Å². The van der Waals surface area contributed by atoms with Crippen LogP contribution in [-0.2, 0) is 23.9 Å². The van der Waals surface area contributed by atoms with Crippen molar-refractivity contribution in [2.24, 2.45) is 33.5 Å². The van der Waals surface area contributed by atoms with E-state index >= 15 is 0 Å². The number of hydrogen-bond donors (Lipinski definition) is 0. The summed E-state index contributed by atoms with van der Waals surface area (Å²) in [6, 6.07) is 1.85. The standard InChI is InChI=1S/C28H34O6/c1-16(29)33-22-13-19-25(2,3)21(30)8-11-26(19,4)18-7-10-27(5)20(28(18,22)6)14-23(31)34-24(27)17-9-12-32-15-17/h8-9,11-12,14-15,18-19,22,24H,7,10,13H2,1-6H3/t18?,19?,22-,24+,26+,27+,28+/m0/s1. The smallest absolute Gasteiger partial charge is 0.331 e. The molecule has 0 saturated heterocycles. The van der Waals surface area contributed by atoms with Crippen LogP contribution in [0.15, 0.2) is 46.8 Å². The molecule has 0 amide bonds. The summed E-state index contributed by atoms with van der Waals surface area (Å²) in [6.45, 7) is 12.0. The first-order chi connectivity index (χ1) is 15.8. The number of ether oxygens (including phenoxy) is 2. The number of allylic oxidation sites excluding steroid dienone is 2. The summed E-state index contributed by atoms with van der Waals surface area (Å²) in [6.07, 6.45) is 10.0. The lowest BCUT2D eigenvalue weighted by Gasteiger charge is -2.67. The van der Waals surface area contributed by atoms with E-state index in [0.29, 0.717) is 6.42 Å². The van der Waals surface area contributed by atoms with Crippen LogP contribution in [0.1, 0.15) is 72.5 Å².